The molecule has 1 heterocycles. The maximum atomic E-state index is 2.45. The van der Waals surface area contributed by atoms with Crippen molar-refractivity contribution in [2.24, 2.45) is 11.3 Å². The third-order valence-corrected chi connectivity index (χ3v) is 3.62. The summed E-state index contributed by atoms with van der Waals surface area (Å²) in [5.41, 5.74) is 1.71. The van der Waals surface area contributed by atoms with E-state index in [0.717, 1.165) is 5.92 Å². The van der Waals surface area contributed by atoms with Crippen LogP contribution in [0.1, 0.15) is 26.7 Å². The maximum Gasteiger partial charge on any atom is 0.00472 e. The highest BCUT2D eigenvalue weighted by Crippen LogP contribution is 2.29. The molecule has 1 atom stereocenters. The number of likely N-dealkylation sites (tertiary alicyclic amines) is 1. The summed E-state index contributed by atoms with van der Waals surface area (Å²) < 4.78 is 0. The van der Waals surface area contributed by atoms with Gasteiger partial charge in [-0.1, -0.05) is 44.2 Å². The molecule has 0 aromatic heterocycles. The van der Waals surface area contributed by atoms with Crippen molar-refractivity contribution >= 4 is 0 Å². The minimum Gasteiger partial charge on any atom is -0.306 e. The third-order valence-electron chi connectivity index (χ3n) is 3.62. The highest BCUT2D eigenvalue weighted by atomic mass is 15.1. The Bertz CT molecular complexity index is 333. The van der Waals surface area contributed by atoms with Gasteiger partial charge in [0.2, 0.25) is 0 Å². The summed E-state index contributed by atoms with van der Waals surface area (Å²) in [6.45, 7) is 6.98. The second kappa shape index (κ2) is 4.58. The molecule has 1 heteroatoms. The van der Waals surface area contributed by atoms with Gasteiger partial charge in [0.15, 0.2) is 0 Å². The normalized spacial score (nSPS) is 29.9. The summed E-state index contributed by atoms with van der Waals surface area (Å²) in [6.07, 6.45) is 14.1. The van der Waals surface area contributed by atoms with Crippen LogP contribution in [0.2, 0.25) is 0 Å². The number of rotatable bonds is 1. The van der Waals surface area contributed by atoms with E-state index in [2.05, 4.69) is 56.2 Å². The fraction of sp³-hybridized carbons (Fsp3) is 0.600. The van der Waals surface area contributed by atoms with E-state index >= 15 is 0 Å². The lowest BCUT2D eigenvalue weighted by Gasteiger charge is -2.30. The summed E-state index contributed by atoms with van der Waals surface area (Å²) in [4.78, 5) is 2.45. The molecule has 1 saturated heterocycles. The first kappa shape index (κ1) is 11.7. The van der Waals surface area contributed by atoms with E-state index in [1.54, 1.807) is 0 Å². The molecular weight excluding hydrogens is 194 g/mol. The Morgan fingerprint density at radius 1 is 1.31 bits per heavy atom. The van der Waals surface area contributed by atoms with Gasteiger partial charge in [-0.05, 0) is 37.9 Å². The van der Waals surface area contributed by atoms with Crippen molar-refractivity contribution in [1.82, 2.24) is 4.90 Å². The van der Waals surface area contributed by atoms with Crippen LogP contribution in [0.15, 0.2) is 36.0 Å². The largest absolute Gasteiger partial charge is 0.306 e. The van der Waals surface area contributed by atoms with E-state index in [4.69, 9.17) is 0 Å². The standard InChI is InChI=1S/C15H23N/c1-15(2)9-4-6-13(8-10-15)14-7-5-11-16(3)12-14/h4,6,8-10,14H,5,7,11-12H2,1-3H3. The molecule has 0 saturated carbocycles. The van der Waals surface area contributed by atoms with Crippen LogP contribution in [0, 0.1) is 11.3 Å². The van der Waals surface area contributed by atoms with Gasteiger partial charge in [-0.25, -0.2) is 0 Å². The molecule has 1 unspecified atom stereocenters. The van der Waals surface area contributed by atoms with Crippen molar-refractivity contribution < 1.29 is 0 Å². The molecule has 1 aliphatic carbocycles. The highest BCUT2D eigenvalue weighted by Gasteiger charge is 2.20. The molecule has 2 aliphatic rings. The van der Waals surface area contributed by atoms with Gasteiger partial charge in [-0.3, -0.25) is 0 Å². The second-order valence-corrected chi connectivity index (χ2v) is 5.78. The summed E-state index contributed by atoms with van der Waals surface area (Å²) in [6, 6.07) is 0. The molecule has 1 fully saturated rings. The Morgan fingerprint density at radius 2 is 2.12 bits per heavy atom. The molecule has 1 nitrogen and oxygen atoms in total. The number of hydrogen-bond donors (Lipinski definition) is 0. The van der Waals surface area contributed by atoms with Crippen molar-refractivity contribution in [2.45, 2.75) is 26.7 Å². The molecule has 0 radical (unpaired) electrons. The van der Waals surface area contributed by atoms with Crippen LogP contribution in [-0.2, 0) is 0 Å². The minimum absolute atomic E-state index is 0.207. The first-order valence-corrected chi connectivity index (χ1v) is 6.34. The molecule has 0 bridgehead atoms. The summed E-state index contributed by atoms with van der Waals surface area (Å²) >= 11 is 0. The van der Waals surface area contributed by atoms with Crippen LogP contribution < -0.4 is 0 Å². The molecule has 0 spiro atoms. The Morgan fingerprint density at radius 3 is 2.88 bits per heavy atom. The molecule has 0 N–H and O–H groups in total. The van der Waals surface area contributed by atoms with Crippen molar-refractivity contribution in [2.75, 3.05) is 20.1 Å². The van der Waals surface area contributed by atoms with Gasteiger partial charge < -0.3 is 4.90 Å². The summed E-state index contributed by atoms with van der Waals surface area (Å²) in [5, 5.41) is 0. The monoisotopic (exact) mass is 217 g/mol. The van der Waals surface area contributed by atoms with Gasteiger partial charge in [0.05, 0.1) is 0 Å². The number of nitrogens with zero attached hydrogens (tertiary/aromatic N) is 1. The molecule has 88 valence electrons. The van der Waals surface area contributed by atoms with Crippen LogP contribution in [0.3, 0.4) is 0 Å². The number of hydrogen-bond acceptors (Lipinski definition) is 1. The van der Waals surface area contributed by atoms with Crippen LogP contribution >= 0.6 is 0 Å². The first-order valence-electron chi connectivity index (χ1n) is 6.34. The van der Waals surface area contributed by atoms with Gasteiger partial charge in [0, 0.05) is 12.0 Å². The highest BCUT2D eigenvalue weighted by molar-refractivity contribution is 5.33. The van der Waals surface area contributed by atoms with Crippen molar-refractivity contribution in [1.29, 1.82) is 0 Å². The van der Waals surface area contributed by atoms with Gasteiger partial charge in [-0.2, -0.15) is 0 Å². The average Bonchev–Trinajstić information content (AvgIpc) is 2.39. The Labute approximate surface area is 99.5 Å². The lowest BCUT2D eigenvalue weighted by Crippen LogP contribution is -2.32. The van der Waals surface area contributed by atoms with E-state index in [1.807, 2.05) is 0 Å². The average molecular weight is 217 g/mol. The Balaban J connectivity index is 2.10. The maximum absolute atomic E-state index is 2.45. The van der Waals surface area contributed by atoms with Gasteiger partial charge in [0.1, 0.15) is 0 Å². The lowest BCUT2D eigenvalue weighted by atomic mass is 9.88. The zero-order chi connectivity index (χ0) is 11.6. The number of allylic oxidation sites excluding steroid dienone is 5. The summed E-state index contributed by atoms with van der Waals surface area (Å²) in [5.74, 6) is 0.730. The quantitative estimate of drug-likeness (QED) is 0.650. The minimum atomic E-state index is 0.207. The fourth-order valence-electron chi connectivity index (χ4n) is 2.54. The zero-order valence-corrected chi connectivity index (χ0v) is 10.7. The van der Waals surface area contributed by atoms with E-state index in [0.29, 0.717) is 0 Å². The molecule has 2 rings (SSSR count). The lowest BCUT2D eigenvalue weighted by molar-refractivity contribution is 0.233. The Hall–Kier alpha value is -0.820. The van der Waals surface area contributed by atoms with E-state index < -0.39 is 0 Å². The van der Waals surface area contributed by atoms with Gasteiger partial charge in [-0.15, -0.1) is 0 Å². The van der Waals surface area contributed by atoms with Gasteiger partial charge in [0.25, 0.3) is 0 Å². The predicted octanol–water partition coefficient (Wildman–Crippen LogP) is 3.41. The third kappa shape index (κ3) is 2.85. The van der Waals surface area contributed by atoms with Crippen LogP contribution in [0.5, 0.6) is 0 Å². The van der Waals surface area contributed by atoms with Crippen LogP contribution in [0.4, 0.5) is 0 Å². The zero-order valence-electron chi connectivity index (χ0n) is 10.7. The Kier molecular flexibility index (Phi) is 3.34. The van der Waals surface area contributed by atoms with Crippen LogP contribution in [-0.4, -0.2) is 25.0 Å². The molecule has 1 aliphatic heterocycles. The molecular formula is C15H23N. The molecule has 0 aromatic rings. The smallest absolute Gasteiger partial charge is 0.00472 e. The first-order chi connectivity index (χ1) is 7.57. The van der Waals surface area contributed by atoms with E-state index in [1.165, 1.54) is 31.5 Å². The number of piperidine rings is 1. The molecule has 16 heavy (non-hydrogen) atoms. The van der Waals surface area contributed by atoms with E-state index in [9.17, 15) is 0 Å². The molecule has 0 amide bonds. The summed E-state index contributed by atoms with van der Waals surface area (Å²) in [7, 11) is 2.23. The SMILES string of the molecule is CN1CCCC(C2=CC=CC(C)(C)C=C2)C1. The fourth-order valence-corrected chi connectivity index (χ4v) is 2.54. The van der Waals surface area contributed by atoms with Crippen LogP contribution in [0.25, 0.3) is 0 Å². The predicted molar refractivity (Wildman–Crippen MR) is 70.4 cm³/mol. The van der Waals surface area contributed by atoms with Crippen molar-refractivity contribution in [3.05, 3.63) is 36.0 Å². The van der Waals surface area contributed by atoms with E-state index in [-0.39, 0.29) is 5.41 Å². The van der Waals surface area contributed by atoms with Gasteiger partial charge >= 0.3 is 0 Å². The topological polar surface area (TPSA) is 3.24 Å². The van der Waals surface area contributed by atoms with Crippen molar-refractivity contribution in [3.63, 3.8) is 0 Å². The van der Waals surface area contributed by atoms with Crippen molar-refractivity contribution in [3.8, 4) is 0 Å². The molecule has 0 aromatic carbocycles. The second-order valence-electron chi connectivity index (χ2n) is 5.78.